The van der Waals surface area contributed by atoms with Crippen molar-refractivity contribution in [1.82, 2.24) is 9.80 Å². The Hall–Kier alpha value is -1.60. The molecule has 0 spiro atoms. The molecule has 0 unspecified atom stereocenters. The van der Waals surface area contributed by atoms with E-state index >= 15 is 0 Å². The number of amides is 1. The van der Waals surface area contributed by atoms with Crippen LogP contribution in [0.2, 0.25) is 0 Å². The predicted octanol–water partition coefficient (Wildman–Crippen LogP) is 0.380. The smallest absolute Gasteiger partial charge is 0.242 e. The van der Waals surface area contributed by atoms with Gasteiger partial charge in [-0.05, 0) is 24.5 Å². The van der Waals surface area contributed by atoms with Gasteiger partial charge in [-0.15, -0.1) is 0 Å². The van der Waals surface area contributed by atoms with E-state index in [0.717, 1.165) is 32.5 Å². The van der Waals surface area contributed by atoms with Crippen LogP contribution in [0.1, 0.15) is 12.0 Å². The van der Waals surface area contributed by atoms with E-state index in [0.29, 0.717) is 25.4 Å². The van der Waals surface area contributed by atoms with Gasteiger partial charge in [0.05, 0.1) is 18.1 Å². The number of sulfone groups is 1. The molecule has 7 heteroatoms. The molecule has 3 aliphatic heterocycles. The van der Waals surface area contributed by atoms with Gasteiger partial charge in [-0.1, -0.05) is 18.2 Å². The van der Waals surface area contributed by atoms with Crippen LogP contribution >= 0.6 is 0 Å². The number of hydrogen-bond donors (Lipinski definition) is 0. The Bertz CT molecular complexity index is 757. The van der Waals surface area contributed by atoms with Crippen molar-refractivity contribution in [3.63, 3.8) is 0 Å². The van der Waals surface area contributed by atoms with E-state index in [2.05, 4.69) is 21.9 Å². The van der Waals surface area contributed by atoms with Gasteiger partial charge < -0.3 is 9.80 Å². The Kier molecular flexibility index (Phi) is 4.45. The van der Waals surface area contributed by atoms with Crippen LogP contribution in [0, 0.1) is 0 Å². The van der Waals surface area contributed by atoms with Crippen LogP contribution in [0.5, 0.6) is 0 Å². The van der Waals surface area contributed by atoms with E-state index in [1.54, 1.807) is 0 Å². The topological polar surface area (TPSA) is 60.9 Å². The first-order valence-corrected chi connectivity index (χ1v) is 10.9. The number of carbonyl (C=O) groups is 1. The first-order valence-electron chi connectivity index (χ1n) is 9.07. The summed E-state index contributed by atoms with van der Waals surface area (Å²) >= 11 is 0. The molecule has 2 fully saturated rings. The molecule has 0 aliphatic carbocycles. The summed E-state index contributed by atoms with van der Waals surface area (Å²) in [4.78, 5) is 19.0. The molecule has 6 nitrogen and oxygen atoms in total. The number of para-hydroxylation sites is 1. The van der Waals surface area contributed by atoms with E-state index in [-0.39, 0.29) is 17.7 Å². The number of carbonyl (C=O) groups excluding carboxylic acids is 1. The van der Waals surface area contributed by atoms with Crippen LogP contribution in [0.25, 0.3) is 0 Å². The van der Waals surface area contributed by atoms with Gasteiger partial charge in [-0.3, -0.25) is 9.69 Å². The van der Waals surface area contributed by atoms with Crippen molar-refractivity contribution in [2.24, 2.45) is 0 Å². The van der Waals surface area contributed by atoms with E-state index in [1.807, 2.05) is 17.0 Å². The van der Waals surface area contributed by atoms with E-state index < -0.39 is 9.84 Å². The number of fused-ring (bicyclic) bond motifs is 1. The zero-order chi connectivity index (χ0) is 17.4. The second-order valence-electron chi connectivity index (χ2n) is 7.27. The maximum Gasteiger partial charge on any atom is 0.242 e. The lowest BCUT2D eigenvalue weighted by Gasteiger charge is -2.38. The minimum Gasteiger partial charge on any atom is -0.362 e. The monoisotopic (exact) mass is 363 g/mol. The Morgan fingerprint density at radius 1 is 1.08 bits per heavy atom. The Morgan fingerprint density at radius 3 is 2.56 bits per heavy atom. The summed E-state index contributed by atoms with van der Waals surface area (Å²) in [5.41, 5.74) is 2.51. The minimum atomic E-state index is -2.85. The molecule has 2 saturated heterocycles. The molecule has 1 amide bonds. The minimum absolute atomic E-state index is 0.146. The number of anilines is 1. The third kappa shape index (κ3) is 3.53. The molecule has 136 valence electrons. The van der Waals surface area contributed by atoms with Gasteiger partial charge in [0.2, 0.25) is 5.91 Å². The summed E-state index contributed by atoms with van der Waals surface area (Å²) in [5, 5.41) is 0. The number of hydrogen-bond acceptors (Lipinski definition) is 5. The molecule has 1 aromatic rings. The Labute approximate surface area is 149 Å². The lowest BCUT2D eigenvalue weighted by molar-refractivity contribution is -0.131. The van der Waals surface area contributed by atoms with Gasteiger partial charge in [0.1, 0.15) is 0 Å². The van der Waals surface area contributed by atoms with Crippen molar-refractivity contribution >= 4 is 21.4 Å². The molecule has 1 atom stereocenters. The van der Waals surface area contributed by atoms with Crippen molar-refractivity contribution in [1.29, 1.82) is 0 Å². The van der Waals surface area contributed by atoms with Gasteiger partial charge in [0.25, 0.3) is 0 Å². The molecular formula is C18H25N3O3S. The molecular weight excluding hydrogens is 338 g/mol. The molecule has 1 aromatic carbocycles. The van der Waals surface area contributed by atoms with Crippen LogP contribution in [0.4, 0.5) is 5.69 Å². The van der Waals surface area contributed by atoms with Crippen molar-refractivity contribution in [3.8, 4) is 0 Å². The fourth-order valence-electron chi connectivity index (χ4n) is 4.23. The van der Waals surface area contributed by atoms with E-state index in [9.17, 15) is 13.2 Å². The Balaban J connectivity index is 1.30. The normalized spacial score (nSPS) is 26.0. The van der Waals surface area contributed by atoms with E-state index in [1.165, 1.54) is 11.3 Å². The average Bonchev–Trinajstić information content (AvgIpc) is 3.18. The molecule has 0 aromatic heterocycles. The number of nitrogens with zero attached hydrogens (tertiary/aromatic N) is 3. The number of piperazine rings is 1. The lowest BCUT2D eigenvalue weighted by Crippen LogP contribution is -2.53. The number of benzene rings is 1. The van der Waals surface area contributed by atoms with Gasteiger partial charge in [0, 0.05) is 44.5 Å². The summed E-state index contributed by atoms with van der Waals surface area (Å²) in [7, 11) is -2.85. The average molecular weight is 363 g/mol. The first-order chi connectivity index (χ1) is 12.0. The highest BCUT2D eigenvalue weighted by Crippen LogP contribution is 2.27. The van der Waals surface area contributed by atoms with Crippen LogP contribution in [-0.4, -0.2) is 80.9 Å². The SMILES string of the molecule is O=C(CN1CCc2ccccc21)N1CCN([C@H]2CCS(=O)(=O)C2)CC1. The van der Waals surface area contributed by atoms with Gasteiger partial charge in [0.15, 0.2) is 9.84 Å². The standard InChI is InChI=1S/C18H25N3O3S/c22-18(13-21-7-5-15-3-1-2-4-17(15)21)20-10-8-19(9-11-20)16-6-12-25(23,24)14-16/h1-4,16H,5-14H2/t16-/m0/s1. The maximum absolute atomic E-state index is 12.7. The summed E-state index contributed by atoms with van der Waals surface area (Å²) < 4.78 is 23.3. The Morgan fingerprint density at radius 2 is 1.84 bits per heavy atom. The van der Waals surface area contributed by atoms with Crippen molar-refractivity contribution in [2.75, 3.05) is 55.7 Å². The third-order valence-electron chi connectivity index (χ3n) is 5.70. The zero-order valence-corrected chi connectivity index (χ0v) is 15.2. The van der Waals surface area contributed by atoms with Crippen LogP contribution in [0.3, 0.4) is 0 Å². The predicted molar refractivity (Wildman–Crippen MR) is 97.6 cm³/mol. The van der Waals surface area contributed by atoms with Crippen molar-refractivity contribution < 1.29 is 13.2 Å². The summed E-state index contributed by atoms with van der Waals surface area (Å²) in [6.07, 6.45) is 1.74. The van der Waals surface area contributed by atoms with Gasteiger partial charge in [-0.25, -0.2) is 8.42 Å². The summed E-state index contributed by atoms with van der Waals surface area (Å²) in [6.45, 7) is 4.31. The van der Waals surface area contributed by atoms with Crippen LogP contribution < -0.4 is 4.90 Å². The highest BCUT2D eigenvalue weighted by Gasteiger charge is 2.34. The second kappa shape index (κ2) is 6.61. The molecule has 0 bridgehead atoms. The molecule has 3 heterocycles. The molecule has 0 N–H and O–H groups in total. The molecule has 25 heavy (non-hydrogen) atoms. The van der Waals surface area contributed by atoms with Crippen LogP contribution in [0.15, 0.2) is 24.3 Å². The fraction of sp³-hybridized carbons (Fsp3) is 0.611. The molecule has 3 aliphatic rings. The number of rotatable bonds is 3. The maximum atomic E-state index is 12.7. The molecule has 0 radical (unpaired) electrons. The molecule has 4 rings (SSSR count). The van der Waals surface area contributed by atoms with Gasteiger partial charge in [-0.2, -0.15) is 0 Å². The third-order valence-corrected chi connectivity index (χ3v) is 7.45. The van der Waals surface area contributed by atoms with Crippen molar-refractivity contribution in [2.45, 2.75) is 18.9 Å². The first kappa shape index (κ1) is 16.8. The summed E-state index contributed by atoms with van der Waals surface area (Å²) in [6, 6.07) is 8.44. The highest BCUT2D eigenvalue weighted by atomic mass is 32.2. The lowest BCUT2D eigenvalue weighted by atomic mass is 10.2. The van der Waals surface area contributed by atoms with Crippen LogP contribution in [-0.2, 0) is 21.1 Å². The second-order valence-corrected chi connectivity index (χ2v) is 9.50. The largest absolute Gasteiger partial charge is 0.362 e. The van der Waals surface area contributed by atoms with Gasteiger partial charge >= 0.3 is 0 Å². The fourth-order valence-corrected chi connectivity index (χ4v) is 6.00. The van der Waals surface area contributed by atoms with E-state index in [4.69, 9.17) is 0 Å². The van der Waals surface area contributed by atoms with Crippen molar-refractivity contribution in [3.05, 3.63) is 29.8 Å². The quantitative estimate of drug-likeness (QED) is 0.777. The zero-order valence-electron chi connectivity index (χ0n) is 14.4. The highest BCUT2D eigenvalue weighted by molar-refractivity contribution is 7.91. The molecule has 0 saturated carbocycles. The summed E-state index contributed by atoms with van der Waals surface area (Å²) in [5.74, 6) is 0.770.